The molecule has 1 rings (SSSR count). The van der Waals surface area contributed by atoms with E-state index in [-0.39, 0.29) is 0 Å². The van der Waals surface area contributed by atoms with Crippen LogP contribution in [-0.2, 0) is 0 Å². The summed E-state index contributed by atoms with van der Waals surface area (Å²) in [5.41, 5.74) is 7.28. The molecular weight excluding hydrogens is 239 g/mol. The van der Waals surface area contributed by atoms with Crippen LogP contribution >= 0.6 is 0 Å². The average Bonchev–Trinajstić information content (AvgIpc) is 2.36. The molecule has 0 saturated heterocycles. The van der Waals surface area contributed by atoms with Gasteiger partial charge in [-0.05, 0) is 36.1 Å². The average molecular weight is 262 g/mol. The molecule has 104 valence electrons. The molecule has 0 amide bonds. The molecule has 0 bridgehead atoms. The largest absolute Gasteiger partial charge is 0.402 e. The second-order valence-electron chi connectivity index (χ2n) is 4.83. The molecule has 0 fully saturated rings. The van der Waals surface area contributed by atoms with Crippen molar-refractivity contribution in [2.24, 2.45) is 5.73 Å². The van der Waals surface area contributed by atoms with Gasteiger partial charge in [-0.3, -0.25) is 0 Å². The third-order valence-electron chi connectivity index (χ3n) is 3.27. The summed E-state index contributed by atoms with van der Waals surface area (Å²) in [6.45, 7) is 11.2. The Morgan fingerprint density at radius 1 is 1.58 bits per heavy atom. The minimum Gasteiger partial charge on any atom is -0.402 e. The van der Waals surface area contributed by atoms with E-state index in [0.29, 0.717) is 28.8 Å². The molecule has 0 saturated carbocycles. The number of hydrogen-bond acceptors (Lipinski definition) is 2. The Bertz CT molecular complexity index is 483. The molecule has 1 aliphatic carbocycles. The van der Waals surface area contributed by atoms with Crippen molar-refractivity contribution in [1.82, 2.24) is 5.32 Å². The lowest BCUT2D eigenvalue weighted by atomic mass is 9.72. The first-order valence-corrected chi connectivity index (χ1v) is 6.45. The fourth-order valence-electron chi connectivity index (χ4n) is 2.21. The van der Waals surface area contributed by atoms with Crippen LogP contribution in [0.2, 0.25) is 0 Å². The van der Waals surface area contributed by atoms with Crippen LogP contribution < -0.4 is 11.1 Å². The Labute approximate surface area is 115 Å². The van der Waals surface area contributed by atoms with Crippen LogP contribution in [0.25, 0.3) is 0 Å². The summed E-state index contributed by atoms with van der Waals surface area (Å²) in [4.78, 5) is 0. The molecule has 1 aliphatic rings. The summed E-state index contributed by atoms with van der Waals surface area (Å²) in [5, 5.41) is 3.04. The Morgan fingerprint density at radius 2 is 2.21 bits per heavy atom. The van der Waals surface area contributed by atoms with Crippen LogP contribution in [0.15, 0.2) is 59.5 Å². The highest BCUT2D eigenvalue weighted by Crippen LogP contribution is 2.46. The molecule has 3 N–H and O–H groups in total. The first-order valence-electron chi connectivity index (χ1n) is 6.45. The van der Waals surface area contributed by atoms with E-state index in [1.54, 1.807) is 20.0 Å². The van der Waals surface area contributed by atoms with E-state index >= 15 is 4.39 Å². The van der Waals surface area contributed by atoms with Crippen molar-refractivity contribution in [2.45, 2.75) is 32.4 Å². The van der Waals surface area contributed by atoms with Gasteiger partial charge in [0.2, 0.25) is 0 Å². The monoisotopic (exact) mass is 262 g/mol. The topological polar surface area (TPSA) is 38.0 Å². The molecule has 2 nitrogen and oxygen atoms in total. The molecule has 0 radical (unpaired) electrons. The number of nitrogens with two attached hydrogens (primary N) is 1. The Morgan fingerprint density at radius 3 is 2.58 bits per heavy atom. The first-order chi connectivity index (χ1) is 8.86. The Hall–Kier alpha value is -1.77. The molecule has 0 unspecified atom stereocenters. The third-order valence-corrected chi connectivity index (χ3v) is 3.27. The maximum absolute atomic E-state index is 15.0. The SMILES string of the molecule is C=C(N)C/C(=C/C(=C/CC)[C@]1(F)C(=C)C=C1C)NC. The Balaban J connectivity index is 3.13. The van der Waals surface area contributed by atoms with Gasteiger partial charge >= 0.3 is 0 Å². The third kappa shape index (κ3) is 2.98. The summed E-state index contributed by atoms with van der Waals surface area (Å²) >= 11 is 0. The van der Waals surface area contributed by atoms with Gasteiger partial charge in [-0.15, -0.1) is 0 Å². The molecule has 0 heterocycles. The van der Waals surface area contributed by atoms with Crippen LogP contribution in [-0.4, -0.2) is 12.7 Å². The van der Waals surface area contributed by atoms with Crippen molar-refractivity contribution in [3.8, 4) is 0 Å². The number of halogens is 1. The second kappa shape index (κ2) is 5.91. The zero-order valence-electron chi connectivity index (χ0n) is 12.0. The summed E-state index contributed by atoms with van der Waals surface area (Å²) in [6, 6.07) is 0. The van der Waals surface area contributed by atoms with E-state index in [1.807, 2.05) is 19.1 Å². The van der Waals surface area contributed by atoms with Gasteiger partial charge in [0.05, 0.1) is 0 Å². The van der Waals surface area contributed by atoms with Crippen LogP contribution in [0, 0.1) is 0 Å². The van der Waals surface area contributed by atoms with Crippen molar-refractivity contribution < 1.29 is 4.39 Å². The van der Waals surface area contributed by atoms with Gasteiger partial charge in [0.15, 0.2) is 5.67 Å². The highest BCUT2D eigenvalue weighted by molar-refractivity contribution is 5.60. The maximum atomic E-state index is 15.0. The minimum absolute atomic E-state index is 0.503. The van der Waals surface area contributed by atoms with Crippen molar-refractivity contribution in [3.05, 3.63) is 59.5 Å². The van der Waals surface area contributed by atoms with Gasteiger partial charge < -0.3 is 11.1 Å². The van der Waals surface area contributed by atoms with Crippen molar-refractivity contribution >= 4 is 0 Å². The maximum Gasteiger partial charge on any atom is 0.181 e. The summed E-state index contributed by atoms with van der Waals surface area (Å²) < 4.78 is 15.0. The quantitative estimate of drug-likeness (QED) is 0.719. The van der Waals surface area contributed by atoms with E-state index in [0.717, 1.165) is 12.1 Å². The van der Waals surface area contributed by atoms with E-state index < -0.39 is 5.67 Å². The fourth-order valence-corrected chi connectivity index (χ4v) is 2.21. The van der Waals surface area contributed by atoms with Crippen LogP contribution in [0.4, 0.5) is 4.39 Å². The van der Waals surface area contributed by atoms with Gasteiger partial charge in [0, 0.05) is 24.9 Å². The van der Waals surface area contributed by atoms with Gasteiger partial charge in [0.1, 0.15) is 0 Å². The molecule has 0 aromatic rings. The molecule has 0 aliphatic heterocycles. The summed E-state index contributed by atoms with van der Waals surface area (Å²) in [6.07, 6.45) is 6.74. The molecule has 19 heavy (non-hydrogen) atoms. The molecule has 0 aromatic heterocycles. The zero-order chi connectivity index (χ0) is 14.6. The van der Waals surface area contributed by atoms with E-state index in [1.165, 1.54) is 0 Å². The number of rotatable bonds is 6. The molecule has 0 spiro atoms. The number of nitrogens with one attached hydrogen (secondary N) is 1. The Kier molecular flexibility index (Phi) is 4.76. The number of alkyl halides is 1. The van der Waals surface area contributed by atoms with Crippen LogP contribution in [0.5, 0.6) is 0 Å². The predicted molar refractivity (Wildman–Crippen MR) is 80.2 cm³/mol. The molecule has 3 heteroatoms. The van der Waals surface area contributed by atoms with E-state index in [2.05, 4.69) is 18.5 Å². The fraction of sp³-hybridized carbons (Fsp3) is 0.375. The van der Waals surface area contributed by atoms with Gasteiger partial charge in [-0.2, -0.15) is 0 Å². The minimum atomic E-state index is -1.53. The number of allylic oxidation sites excluding steroid dienone is 6. The summed E-state index contributed by atoms with van der Waals surface area (Å²) in [7, 11) is 1.79. The van der Waals surface area contributed by atoms with Gasteiger partial charge in [-0.25, -0.2) is 4.39 Å². The lowest BCUT2D eigenvalue weighted by Crippen LogP contribution is -2.35. The van der Waals surface area contributed by atoms with Gasteiger partial charge in [0.25, 0.3) is 0 Å². The second-order valence-corrected chi connectivity index (χ2v) is 4.83. The van der Waals surface area contributed by atoms with Gasteiger partial charge in [-0.1, -0.05) is 32.2 Å². The van der Waals surface area contributed by atoms with Crippen LogP contribution in [0.1, 0.15) is 26.7 Å². The molecule has 0 aromatic carbocycles. The van der Waals surface area contributed by atoms with E-state index in [9.17, 15) is 0 Å². The molecule has 1 atom stereocenters. The molecular formula is C16H23FN2. The summed E-state index contributed by atoms with van der Waals surface area (Å²) in [5.74, 6) is 0. The van der Waals surface area contributed by atoms with Crippen molar-refractivity contribution in [3.63, 3.8) is 0 Å². The number of hydrogen-bond donors (Lipinski definition) is 2. The lowest BCUT2D eigenvalue weighted by Gasteiger charge is -2.36. The zero-order valence-corrected chi connectivity index (χ0v) is 12.0. The smallest absolute Gasteiger partial charge is 0.181 e. The highest BCUT2D eigenvalue weighted by Gasteiger charge is 2.43. The lowest BCUT2D eigenvalue weighted by molar-refractivity contribution is 0.303. The normalized spacial score (nSPS) is 23.8. The van der Waals surface area contributed by atoms with Crippen molar-refractivity contribution in [2.75, 3.05) is 7.05 Å². The highest BCUT2D eigenvalue weighted by atomic mass is 19.1. The van der Waals surface area contributed by atoms with Crippen molar-refractivity contribution in [1.29, 1.82) is 0 Å². The standard InChI is InChI=1S/C16H23FN2/c1-6-7-14(10-15(19-5)9-13(4)18)16(17)11(2)8-12(16)3/h7-8,10,19H,2,4,6,9,18H2,1,3,5H3/b14-7-,15-10-/t16-/m0/s1. The van der Waals surface area contributed by atoms with Crippen LogP contribution in [0.3, 0.4) is 0 Å². The predicted octanol–water partition coefficient (Wildman–Crippen LogP) is 3.51. The van der Waals surface area contributed by atoms with E-state index in [4.69, 9.17) is 5.73 Å². The first kappa shape index (κ1) is 15.3.